The molecule has 10 heteroatoms. The summed E-state index contributed by atoms with van der Waals surface area (Å²) in [5.74, 6) is 0.621. The number of imidazole rings is 1. The molecule has 44 heavy (non-hydrogen) atoms. The van der Waals surface area contributed by atoms with Crippen LogP contribution in [0.4, 0.5) is 11.5 Å². The number of carbonyl (C=O) groups excluding carboxylic acids is 1. The van der Waals surface area contributed by atoms with Crippen LogP contribution in [-0.2, 0) is 16.2 Å². The van der Waals surface area contributed by atoms with Gasteiger partial charge in [0.15, 0.2) is 0 Å². The molecule has 0 unspecified atom stereocenters. The molecule has 9 nitrogen and oxygen atoms in total. The standard InChI is InChI=1S/C34H50N6O3Si/c1-35-32-25-40(26-43-22-23-44(2,3)4)33(37-32)34(41)36-31-11-10-29(24-30(31)28-8-6-5-7-9-28)27-12-14-38(15-13-27)16-17-39-18-20-42-21-19-39/h8,10-11,24-25,27H,5-7,9,12-23,26H2,2-4H3,(H,36,41). The minimum absolute atomic E-state index is 0.200. The van der Waals surface area contributed by atoms with Gasteiger partial charge in [0.25, 0.3) is 11.6 Å². The Morgan fingerprint density at radius 2 is 1.86 bits per heavy atom. The highest BCUT2D eigenvalue weighted by Crippen LogP contribution is 2.36. The lowest BCUT2D eigenvalue weighted by Crippen LogP contribution is -2.43. The van der Waals surface area contributed by atoms with E-state index in [1.165, 1.54) is 24.0 Å². The van der Waals surface area contributed by atoms with Crippen LogP contribution in [0.15, 0.2) is 30.5 Å². The zero-order chi connectivity index (χ0) is 30.9. The summed E-state index contributed by atoms with van der Waals surface area (Å²) in [5.41, 5.74) is 4.62. The van der Waals surface area contributed by atoms with Crippen molar-refractivity contribution in [3.63, 3.8) is 0 Å². The molecular weight excluding hydrogens is 568 g/mol. The smallest absolute Gasteiger partial charge is 0.316 e. The molecule has 0 atom stereocenters. The van der Waals surface area contributed by atoms with Gasteiger partial charge in [-0.25, -0.2) is 0 Å². The Hall–Kier alpha value is -2.81. The lowest BCUT2D eigenvalue weighted by atomic mass is 9.85. The molecular formula is C34H50N6O3Si. The molecule has 1 N–H and O–H groups in total. The van der Waals surface area contributed by atoms with Crippen LogP contribution >= 0.6 is 0 Å². The Morgan fingerprint density at radius 3 is 2.55 bits per heavy atom. The molecule has 1 aromatic carbocycles. The molecule has 3 heterocycles. The van der Waals surface area contributed by atoms with Crippen molar-refractivity contribution >= 4 is 31.1 Å². The van der Waals surface area contributed by atoms with E-state index < -0.39 is 8.07 Å². The molecule has 5 rings (SSSR count). The van der Waals surface area contributed by atoms with E-state index in [4.69, 9.17) is 16.0 Å². The summed E-state index contributed by atoms with van der Waals surface area (Å²) >= 11 is 0. The average Bonchev–Trinajstić information content (AvgIpc) is 3.47. The lowest BCUT2D eigenvalue weighted by Gasteiger charge is -2.35. The Balaban J connectivity index is 1.26. The number of hydrogen-bond donors (Lipinski definition) is 1. The van der Waals surface area contributed by atoms with Crippen LogP contribution in [0.3, 0.4) is 0 Å². The molecule has 238 valence electrons. The second kappa shape index (κ2) is 15.5. The van der Waals surface area contributed by atoms with Crippen molar-refractivity contribution in [2.24, 2.45) is 0 Å². The van der Waals surface area contributed by atoms with Crippen molar-refractivity contribution in [2.75, 3.05) is 64.4 Å². The number of anilines is 1. The van der Waals surface area contributed by atoms with Gasteiger partial charge < -0.3 is 24.5 Å². The van der Waals surface area contributed by atoms with Crippen LogP contribution in [0.1, 0.15) is 66.2 Å². The van der Waals surface area contributed by atoms with Gasteiger partial charge in [-0.2, -0.15) is 0 Å². The van der Waals surface area contributed by atoms with Gasteiger partial charge in [-0.3, -0.25) is 14.3 Å². The maximum absolute atomic E-state index is 13.6. The van der Waals surface area contributed by atoms with Crippen LogP contribution in [0.2, 0.25) is 25.7 Å². The molecule has 3 aliphatic rings. The maximum atomic E-state index is 13.6. The Morgan fingerprint density at radius 1 is 1.11 bits per heavy atom. The number of morpholine rings is 1. The third-order valence-electron chi connectivity index (χ3n) is 9.13. The molecule has 0 bridgehead atoms. The number of ether oxygens (including phenoxy) is 2. The van der Waals surface area contributed by atoms with E-state index in [2.05, 4.69) is 68.9 Å². The Bertz CT molecular complexity index is 1330. The first-order chi connectivity index (χ1) is 21.3. The number of benzene rings is 1. The van der Waals surface area contributed by atoms with Crippen LogP contribution in [0, 0.1) is 6.57 Å². The predicted molar refractivity (Wildman–Crippen MR) is 179 cm³/mol. The van der Waals surface area contributed by atoms with Crippen LogP contribution in [0.25, 0.3) is 10.4 Å². The fourth-order valence-electron chi connectivity index (χ4n) is 6.33. The lowest BCUT2D eigenvalue weighted by molar-refractivity contribution is 0.0321. The van der Waals surface area contributed by atoms with Gasteiger partial charge in [-0.1, -0.05) is 43.3 Å². The molecule has 0 spiro atoms. The minimum atomic E-state index is -1.23. The number of hydrogen-bond acceptors (Lipinski definition) is 6. The van der Waals surface area contributed by atoms with E-state index in [-0.39, 0.29) is 24.3 Å². The number of carbonyl (C=O) groups is 1. The third kappa shape index (κ3) is 9.11. The van der Waals surface area contributed by atoms with Gasteiger partial charge >= 0.3 is 5.91 Å². The van der Waals surface area contributed by atoms with Crippen LogP contribution < -0.4 is 5.32 Å². The maximum Gasteiger partial charge on any atom is 0.316 e. The van der Waals surface area contributed by atoms with E-state index >= 15 is 0 Å². The topological polar surface area (TPSA) is 76.2 Å². The SMILES string of the molecule is [C-]#[N+]c1cn(COCC[Si](C)(C)C)c(C(=O)Nc2ccc(C3CCN(CCN4CCOCC4)CC3)cc2C2=CCCCC2)n1. The monoisotopic (exact) mass is 618 g/mol. The van der Waals surface area contributed by atoms with Gasteiger partial charge in [-0.05, 0) is 86.8 Å². The summed E-state index contributed by atoms with van der Waals surface area (Å²) in [7, 11) is -1.23. The van der Waals surface area contributed by atoms with E-state index in [1.54, 1.807) is 10.8 Å². The molecule has 2 saturated heterocycles. The van der Waals surface area contributed by atoms with Crippen LogP contribution in [0.5, 0.6) is 0 Å². The van der Waals surface area contributed by atoms with Gasteiger partial charge in [0.05, 0.1) is 13.2 Å². The summed E-state index contributed by atoms with van der Waals surface area (Å²) in [6.45, 7) is 23.5. The van der Waals surface area contributed by atoms with Gasteiger partial charge in [0.2, 0.25) is 0 Å². The largest absolute Gasteiger partial charge is 0.379 e. The zero-order valence-corrected chi connectivity index (χ0v) is 27.9. The molecule has 2 aliphatic heterocycles. The molecule has 0 saturated carbocycles. The van der Waals surface area contributed by atoms with Gasteiger partial charge in [0, 0.05) is 58.3 Å². The van der Waals surface area contributed by atoms with Crippen molar-refractivity contribution in [1.82, 2.24) is 19.4 Å². The zero-order valence-electron chi connectivity index (χ0n) is 26.9. The normalized spacial score (nSPS) is 19.0. The highest BCUT2D eigenvalue weighted by molar-refractivity contribution is 6.76. The Labute approximate surface area is 264 Å². The van der Waals surface area contributed by atoms with Gasteiger partial charge in [0.1, 0.15) is 6.73 Å². The van der Waals surface area contributed by atoms with Crippen LogP contribution in [-0.4, -0.2) is 92.4 Å². The van der Waals surface area contributed by atoms with Crippen molar-refractivity contribution in [1.29, 1.82) is 0 Å². The number of piperidine rings is 1. The molecule has 1 amide bonds. The highest BCUT2D eigenvalue weighted by atomic mass is 28.3. The first kappa shape index (κ1) is 32.6. The summed E-state index contributed by atoms with van der Waals surface area (Å²) in [4.78, 5) is 26.5. The summed E-state index contributed by atoms with van der Waals surface area (Å²) in [5, 5.41) is 3.17. The summed E-state index contributed by atoms with van der Waals surface area (Å²) < 4.78 is 13.1. The van der Waals surface area contributed by atoms with E-state index in [0.29, 0.717) is 12.5 Å². The van der Waals surface area contributed by atoms with Crippen molar-refractivity contribution in [3.8, 4) is 0 Å². The quantitative estimate of drug-likeness (QED) is 0.167. The predicted octanol–water partition coefficient (Wildman–Crippen LogP) is 6.47. The summed E-state index contributed by atoms with van der Waals surface area (Å²) in [6.07, 6.45) is 10.7. The van der Waals surface area contributed by atoms with E-state index in [9.17, 15) is 4.79 Å². The number of allylic oxidation sites excluding steroid dienone is 2. The highest BCUT2D eigenvalue weighted by Gasteiger charge is 2.25. The molecule has 1 aliphatic carbocycles. The second-order valence-electron chi connectivity index (χ2n) is 13.7. The average molecular weight is 619 g/mol. The second-order valence-corrected chi connectivity index (χ2v) is 19.3. The number of likely N-dealkylation sites (tertiary alicyclic amines) is 1. The molecule has 0 radical (unpaired) electrons. The third-order valence-corrected chi connectivity index (χ3v) is 10.8. The number of amides is 1. The number of rotatable bonds is 12. The summed E-state index contributed by atoms with van der Waals surface area (Å²) in [6, 6.07) is 7.65. The van der Waals surface area contributed by atoms with E-state index in [0.717, 1.165) is 95.5 Å². The number of nitrogens with one attached hydrogen (secondary N) is 1. The van der Waals surface area contributed by atoms with Crippen molar-refractivity contribution in [3.05, 3.63) is 58.8 Å². The minimum Gasteiger partial charge on any atom is -0.379 e. The fourth-order valence-corrected chi connectivity index (χ4v) is 7.08. The Kier molecular flexibility index (Phi) is 11.4. The van der Waals surface area contributed by atoms with Crippen molar-refractivity contribution < 1.29 is 14.3 Å². The van der Waals surface area contributed by atoms with Crippen molar-refractivity contribution in [2.45, 2.75) is 76.9 Å². The molecule has 2 aromatic rings. The number of nitrogens with zero attached hydrogens (tertiary/aromatic N) is 5. The molecule has 1 aromatic heterocycles. The first-order valence-corrected chi connectivity index (χ1v) is 20.2. The van der Waals surface area contributed by atoms with Gasteiger partial charge in [-0.15, -0.1) is 0 Å². The first-order valence-electron chi connectivity index (χ1n) is 16.5. The van der Waals surface area contributed by atoms with E-state index in [1.807, 2.05) is 0 Å². The molecule has 2 fully saturated rings. The fraction of sp³-hybridized carbons (Fsp3) is 0.618. The number of aromatic nitrogens is 2.